The third-order valence-corrected chi connectivity index (χ3v) is 2.71. The van der Waals surface area contributed by atoms with E-state index >= 15 is 0 Å². The molecule has 3 atom stereocenters. The summed E-state index contributed by atoms with van der Waals surface area (Å²) in [6.45, 7) is 6.14. The number of aliphatic hydroxyl groups excluding tert-OH is 1. The molecule has 2 saturated heterocycles. The van der Waals surface area contributed by atoms with Gasteiger partial charge in [-0.3, -0.25) is 9.74 Å². The van der Waals surface area contributed by atoms with Crippen LogP contribution in [-0.2, 0) is 9.57 Å². The van der Waals surface area contributed by atoms with Crippen molar-refractivity contribution >= 4 is 6.09 Å². The largest absolute Gasteiger partial charge is 0.444 e. The van der Waals surface area contributed by atoms with E-state index in [9.17, 15) is 9.90 Å². The molecule has 92 valence electrons. The molecule has 6 nitrogen and oxygen atoms in total. The molecule has 0 aromatic rings. The molecule has 2 aliphatic heterocycles. The van der Waals surface area contributed by atoms with E-state index in [0.29, 0.717) is 13.2 Å². The molecule has 0 bridgehead atoms. The number of carbonyl (C=O) groups excluding carboxylic acids is 1. The summed E-state index contributed by atoms with van der Waals surface area (Å²) in [6, 6.07) is -0.336. The van der Waals surface area contributed by atoms with E-state index in [1.54, 1.807) is 0 Å². The van der Waals surface area contributed by atoms with Crippen molar-refractivity contribution in [3.8, 4) is 0 Å². The first-order valence-corrected chi connectivity index (χ1v) is 5.43. The van der Waals surface area contributed by atoms with E-state index < -0.39 is 17.8 Å². The normalized spacial score (nSPS) is 34.0. The molecule has 2 aliphatic rings. The third kappa shape index (κ3) is 2.14. The minimum Gasteiger partial charge on any atom is -0.444 e. The van der Waals surface area contributed by atoms with Gasteiger partial charge in [-0.25, -0.2) is 4.79 Å². The first kappa shape index (κ1) is 11.6. The molecule has 0 spiro atoms. The molecule has 2 fully saturated rings. The van der Waals surface area contributed by atoms with E-state index in [1.807, 2.05) is 20.8 Å². The number of β-amino-alcohol motifs (C(OH)–C–C–N with tert-alkyl or cyclic N) is 1. The van der Waals surface area contributed by atoms with Gasteiger partial charge in [0.1, 0.15) is 5.60 Å². The van der Waals surface area contributed by atoms with Gasteiger partial charge in [0.2, 0.25) is 0 Å². The quantitative estimate of drug-likeness (QED) is 0.606. The number of ether oxygens (including phenoxy) is 1. The van der Waals surface area contributed by atoms with Crippen LogP contribution in [-0.4, -0.2) is 53.0 Å². The molecule has 1 amide bonds. The Bertz CT molecular complexity index is 289. The number of fused-ring (bicyclic) bond motifs is 1. The van der Waals surface area contributed by atoms with Crippen molar-refractivity contribution in [3.63, 3.8) is 0 Å². The van der Waals surface area contributed by atoms with Crippen LogP contribution in [0, 0.1) is 0 Å². The molecule has 3 unspecified atom stereocenters. The van der Waals surface area contributed by atoms with E-state index in [2.05, 4.69) is 5.48 Å². The number of hydrogen-bond acceptors (Lipinski definition) is 5. The van der Waals surface area contributed by atoms with Gasteiger partial charge in [-0.2, -0.15) is 5.48 Å². The van der Waals surface area contributed by atoms with Crippen molar-refractivity contribution in [2.75, 3.05) is 13.2 Å². The molecule has 16 heavy (non-hydrogen) atoms. The van der Waals surface area contributed by atoms with E-state index in [1.165, 1.54) is 4.90 Å². The maximum Gasteiger partial charge on any atom is 0.410 e. The summed E-state index contributed by atoms with van der Waals surface area (Å²) >= 11 is 0. The first-order chi connectivity index (χ1) is 7.38. The monoisotopic (exact) mass is 230 g/mol. The van der Waals surface area contributed by atoms with Crippen LogP contribution in [0.3, 0.4) is 0 Å². The molecule has 0 radical (unpaired) electrons. The maximum atomic E-state index is 11.9. The summed E-state index contributed by atoms with van der Waals surface area (Å²) in [5.74, 6) is 0. The Morgan fingerprint density at radius 2 is 2.25 bits per heavy atom. The highest BCUT2D eigenvalue weighted by molar-refractivity contribution is 5.69. The summed E-state index contributed by atoms with van der Waals surface area (Å²) in [6.07, 6.45) is -0.994. The first-order valence-electron chi connectivity index (χ1n) is 5.43. The number of amides is 1. The number of hydroxylamine groups is 1. The fraction of sp³-hybridized carbons (Fsp3) is 0.900. The number of likely N-dealkylation sites (tertiary alicyclic amines) is 1. The summed E-state index contributed by atoms with van der Waals surface area (Å²) in [4.78, 5) is 18.4. The van der Waals surface area contributed by atoms with Gasteiger partial charge in [0.25, 0.3) is 0 Å². The van der Waals surface area contributed by atoms with Gasteiger partial charge in [-0.05, 0) is 20.8 Å². The van der Waals surface area contributed by atoms with Crippen LogP contribution in [0.2, 0.25) is 0 Å². The lowest BCUT2D eigenvalue weighted by Crippen LogP contribution is -2.43. The molecular formula is C10H18N2O4. The third-order valence-electron chi connectivity index (χ3n) is 2.71. The SMILES string of the molecule is CC(C)(C)OC(=O)N1CC(O)C2NOCC21. The van der Waals surface area contributed by atoms with Crippen LogP contribution in [0.25, 0.3) is 0 Å². The number of rotatable bonds is 0. The minimum atomic E-state index is -0.597. The lowest BCUT2D eigenvalue weighted by atomic mass is 10.1. The Kier molecular flexibility index (Phi) is 2.81. The molecule has 2 rings (SSSR count). The van der Waals surface area contributed by atoms with Crippen molar-refractivity contribution in [2.24, 2.45) is 0 Å². The van der Waals surface area contributed by atoms with Crippen molar-refractivity contribution in [1.82, 2.24) is 10.4 Å². The van der Waals surface area contributed by atoms with Crippen LogP contribution in [0.4, 0.5) is 4.79 Å². The fourth-order valence-electron chi connectivity index (χ4n) is 2.01. The Morgan fingerprint density at radius 3 is 2.88 bits per heavy atom. The fourth-order valence-corrected chi connectivity index (χ4v) is 2.01. The van der Waals surface area contributed by atoms with Gasteiger partial charge in [-0.1, -0.05) is 0 Å². The number of nitrogens with zero attached hydrogens (tertiary/aromatic N) is 1. The smallest absolute Gasteiger partial charge is 0.410 e. The predicted molar refractivity (Wildman–Crippen MR) is 55.6 cm³/mol. The Balaban J connectivity index is 2.02. The summed E-state index contributed by atoms with van der Waals surface area (Å²) in [5, 5.41) is 9.73. The van der Waals surface area contributed by atoms with E-state index in [0.717, 1.165) is 0 Å². The highest BCUT2D eigenvalue weighted by Gasteiger charge is 2.48. The molecule has 0 aromatic carbocycles. The van der Waals surface area contributed by atoms with E-state index in [4.69, 9.17) is 9.57 Å². The van der Waals surface area contributed by atoms with Gasteiger partial charge < -0.3 is 9.84 Å². The van der Waals surface area contributed by atoms with Crippen molar-refractivity contribution in [1.29, 1.82) is 0 Å². The van der Waals surface area contributed by atoms with Crippen LogP contribution in [0.5, 0.6) is 0 Å². The van der Waals surface area contributed by atoms with Crippen LogP contribution >= 0.6 is 0 Å². The van der Waals surface area contributed by atoms with Gasteiger partial charge in [-0.15, -0.1) is 0 Å². The highest BCUT2D eigenvalue weighted by atomic mass is 16.7. The van der Waals surface area contributed by atoms with Crippen molar-refractivity contribution in [2.45, 2.75) is 44.6 Å². The van der Waals surface area contributed by atoms with Gasteiger partial charge in [0.05, 0.1) is 31.3 Å². The summed E-state index contributed by atoms with van der Waals surface area (Å²) in [7, 11) is 0. The lowest BCUT2D eigenvalue weighted by molar-refractivity contribution is 0.00852. The standard InChI is InChI=1S/C10H18N2O4/c1-10(2,3)16-9(14)12-4-7(13)8-6(12)5-15-11-8/h6-8,11,13H,4-5H2,1-3H3. The Morgan fingerprint density at radius 1 is 1.56 bits per heavy atom. The predicted octanol–water partition coefficient (Wildman–Crippen LogP) is -0.130. The number of nitrogens with one attached hydrogen (secondary N) is 1. The van der Waals surface area contributed by atoms with Gasteiger partial charge >= 0.3 is 6.09 Å². The second-order valence-corrected chi connectivity index (χ2v) is 5.22. The molecule has 0 aromatic heterocycles. The molecule has 6 heteroatoms. The highest BCUT2D eigenvalue weighted by Crippen LogP contribution is 2.25. The lowest BCUT2D eigenvalue weighted by Gasteiger charge is -2.26. The minimum absolute atomic E-state index is 0.134. The molecular weight excluding hydrogens is 212 g/mol. The average Bonchev–Trinajstić information content (AvgIpc) is 2.66. The number of hydrogen-bond donors (Lipinski definition) is 2. The number of aliphatic hydroxyl groups is 1. The zero-order valence-corrected chi connectivity index (χ0v) is 9.77. The molecule has 0 aliphatic carbocycles. The number of carbonyl (C=O) groups is 1. The second-order valence-electron chi connectivity index (χ2n) is 5.22. The summed E-state index contributed by atoms with van der Waals surface area (Å²) in [5.41, 5.74) is 2.20. The van der Waals surface area contributed by atoms with Gasteiger partial charge in [0.15, 0.2) is 0 Å². The van der Waals surface area contributed by atoms with E-state index in [-0.39, 0.29) is 12.1 Å². The molecule has 0 saturated carbocycles. The topological polar surface area (TPSA) is 71.0 Å². The van der Waals surface area contributed by atoms with Crippen molar-refractivity contribution < 1.29 is 19.5 Å². The molecule has 2 heterocycles. The molecule has 2 N–H and O–H groups in total. The zero-order chi connectivity index (χ0) is 11.9. The second kappa shape index (κ2) is 3.87. The van der Waals surface area contributed by atoms with Crippen molar-refractivity contribution in [3.05, 3.63) is 0 Å². The van der Waals surface area contributed by atoms with Crippen LogP contribution in [0.15, 0.2) is 0 Å². The zero-order valence-electron chi connectivity index (χ0n) is 9.77. The average molecular weight is 230 g/mol. The van der Waals surface area contributed by atoms with Crippen LogP contribution < -0.4 is 5.48 Å². The Hall–Kier alpha value is -0.850. The Labute approximate surface area is 94.5 Å². The maximum absolute atomic E-state index is 11.9. The van der Waals surface area contributed by atoms with Gasteiger partial charge in [0, 0.05) is 0 Å². The van der Waals surface area contributed by atoms with Crippen LogP contribution in [0.1, 0.15) is 20.8 Å². The summed E-state index contributed by atoms with van der Waals surface area (Å²) < 4.78 is 5.27.